The summed E-state index contributed by atoms with van der Waals surface area (Å²) < 4.78 is 0. The molecule has 1 saturated carbocycles. The summed E-state index contributed by atoms with van der Waals surface area (Å²) in [4.78, 5) is 8.68. The van der Waals surface area contributed by atoms with Crippen LogP contribution in [0.2, 0.25) is 5.15 Å². The number of aliphatic hydroxyl groups excluding tert-OH is 1. The summed E-state index contributed by atoms with van der Waals surface area (Å²) in [5, 5.41) is 13.3. The third-order valence-electron chi connectivity index (χ3n) is 3.60. The van der Waals surface area contributed by atoms with Crippen LogP contribution >= 0.6 is 11.6 Å². The maximum Gasteiger partial charge on any atom is 0.134 e. The number of nitrogens with one attached hydrogen (secondary N) is 1. The highest BCUT2D eigenvalue weighted by atomic mass is 35.5. The van der Waals surface area contributed by atoms with Gasteiger partial charge >= 0.3 is 0 Å². The zero-order chi connectivity index (χ0) is 13.7. The number of aryl methyl sites for hydroxylation is 1. The lowest BCUT2D eigenvalue weighted by Gasteiger charge is -2.25. The maximum atomic E-state index is 9.49. The first-order chi connectivity index (χ1) is 9.17. The van der Waals surface area contributed by atoms with Crippen LogP contribution in [0.25, 0.3) is 0 Å². The first kappa shape index (κ1) is 14.5. The Morgan fingerprint density at radius 2 is 2.05 bits per heavy atom. The summed E-state index contributed by atoms with van der Waals surface area (Å²) in [6.07, 6.45) is 5.76. The Kier molecular flexibility index (Phi) is 5.40. The molecule has 0 atom stereocenters. The fourth-order valence-corrected chi connectivity index (χ4v) is 2.69. The second kappa shape index (κ2) is 7.06. The van der Waals surface area contributed by atoms with Gasteiger partial charge in [0.15, 0.2) is 0 Å². The van der Waals surface area contributed by atoms with Crippen LogP contribution in [0.4, 0.5) is 5.82 Å². The number of aliphatic hydroxyl groups is 1. The predicted octanol–water partition coefficient (Wildman–Crippen LogP) is 3.05. The van der Waals surface area contributed by atoms with Crippen molar-refractivity contribution in [3.8, 4) is 0 Å². The van der Waals surface area contributed by atoms with Gasteiger partial charge in [0.2, 0.25) is 0 Å². The molecule has 0 spiro atoms. The molecule has 1 heterocycles. The van der Waals surface area contributed by atoms with Crippen LogP contribution in [-0.4, -0.2) is 27.7 Å². The average Bonchev–Trinajstić information content (AvgIpc) is 2.38. The normalized spacial score (nSPS) is 23.3. The van der Waals surface area contributed by atoms with Crippen LogP contribution in [0, 0.1) is 5.92 Å². The van der Waals surface area contributed by atoms with Gasteiger partial charge in [-0.05, 0) is 38.0 Å². The van der Waals surface area contributed by atoms with E-state index in [1.54, 1.807) is 6.07 Å². The predicted molar refractivity (Wildman–Crippen MR) is 77.5 cm³/mol. The van der Waals surface area contributed by atoms with Crippen LogP contribution in [0.1, 0.15) is 44.9 Å². The summed E-state index contributed by atoms with van der Waals surface area (Å²) in [6.45, 7) is 3.00. The summed E-state index contributed by atoms with van der Waals surface area (Å²) in [6, 6.07) is 1.78. The minimum atomic E-state index is -0.0964. The van der Waals surface area contributed by atoms with Crippen LogP contribution in [-0.2, 0) is 6.42 Å². The summed E-state index contributed by atoms with van der Waals surface area (Å²) in [5.41, 5.74) is 0. The van der Waals surface area contributed by atoms with Crippen molar-refractivity contribution in [1.29, 1.82) is 0 Å². The van der Waals surface area contributed by atoms with Crippen molar-refractivity contribution >= 4 is 17.4 Å². The van der Waals surface area contributed by atoms with E-state index in [-0.39, 0.29) is 6.10 Å². The largest absolute Gasteiger partial charge is 0.393 e. The van der Waals surface area contributed by atoms with E-state index < -0.39 is 0 Å². The van der Waals surface area contributed by atoms with Gasteiger partial charge in [-0.15, -0.1) is 0 Å². The monoisotopic (exact) mass is 283 g/mol. The van der Waals surface area contributed by atoms with Gasteiger partial charge in [0.05, 0.1) is 6.10 Å². The minimum Gasteiger partial charge on any atom is -0.393 e. The Bertz CT molecular complexity index is 406. The molecule has 0 aromatic carbocycles. The molecule has 5 heteroatoms. The number of hydrogen-bond donors (Lipinski definition) is 2. The molecular weight excluding hydrogens is 262 g/mol. The SMILES string of the molecule is CCCc1nc(Cl)cc(NCC2CCC(O)CC2)n1. The number of nitrogens with zero attached hydrogens (tertiary/aromatic N) is 2. The highest BCUT2D eigenvalue weighted by molar-refractivity contribution is 6.29. The van der Waals surface area contributed by atoms with E-state index >= 15 is 0 Å². The lowest BCUT2D eigenvalue weighted by atomic mass is 9.87. The Balaban J connectivity index is 1.88. The number of rotatable bonds is 5. The molecule has 19 heavy (non-hydrogen) atoms. The number of halogens is 1. The number of anilines is 1. The van der Waals surface area contributed by atoms with E-state index in [1.165, 1.54) is 0 Å². The zero-order valence-electron chi connectivity index (χ0n) is 11.4. The molecule has 0 saturated heterocycles. The first-order valence-corrected chi connectivity index (χ1v) is 7.50. The second-order valence-electron chi connectivity index (χ2n) is 5.30. The summed E-state index contributed by atoms with van der Waals surface area (Å²) >= 11 is 6.00. The van der Waals surface area contributed by atoms with Crippen LogP contribution < -0.4 is 5.32 Å². The molecule has 1 aliphatic rings. The Hall–Kier alpha value is -0.870. The average molecular weight is 284 g/mol. The topological polar surface area (TPSA) is 58.0 Å². The van der Waals surface area contributed by atoms with E-state index in [2.05, 4.69) is 22.2 Å². The van der Waals surface area contributed by atoms with Crippen LogP contribution in [0.3, 0.4) is 0 Å². The molecule has 1 aromatic heterocycles. The Morgan fingerprint density at radius 3 is 2.74 bits per heavy atom. The molecule has 4 nitrogen and oxygen atoms in total. The molecule has 2 N–H and O–H groups in total. The lowest BCUT2D eigenvalue weighted by Crippen LogP contribution is -2.23. The van der Waals surface area contributed by atoms with Crippen molar-refractivity contribution in [2.75, 3.05) is 11.9 Å². The molecule has 106 valence electrons. The lowest BCUT2D eigenvalue weighted by molar-refractivity contribution is 0.111. The molecule has 0 bridgehead atoms. The molecule has 0 aliphatic heterocycles. The Morgan fingerprint density at radius 1 is 1.32 bits per heavy atom. The van der Waals surface area contributed by atoms with Crippen molar-refractivity contribution in [2.24, 2.45) is 5.92 Å². The minimum absolute atomic E-state index is 0.0964. The van der Waals surface area contributed by atoms with Gasteiger partial charge in [-0.1, -0.05) is 18.5 Å². The van der Waals surface area contributed by atoms with Crippen molar-refractivity contribution in [2.45, 2.75) is 51.6 Å². The van der Waals surface area contributed by atoms with Gasteiger partial charge < -0.3 is 10.4 Å². The summed E-state index contributed by atoms with van der Waals surface area (Å²) in [5.74, 6) is 2.23. The highest BCUT2D eigenvalue weighted by Gasteiger charge is 2.19. The maximum absolute atomic E-state index is 9.49. The van der Waals surface area contributed by atoms with Crippen molar-refractivity contribution in [3.63, 3.8) is 0 Å². The quantitative estimate of drug-likeness (QED) is 0.816. The van der Waals surface area contributed by atoms with Gasteiger partial charge in [-0.3, -0.25) is 0 Å². The van der Waals surface area contributed by atoms with Crippen LogP contribution in [0.15, 0.2) is 6.07 Å². The van der Waals surface area contributed by atoms with Crippen molar-refractivity contribution in [1.82, 2.24) is 9.97 Å². The fraction of sp³-hybridized carbons (Fsp3) is 0.714. The molecule has 1 aliphatic carbocycles. The van der Waals surface area contributed by atoms with Crippen LogP contribution in [0.5, 0.6) is 0 Å². The second-order valence-corrected chi connectivity index (χ2v) is 5.68. The third kappa shape index (κ3) is 4.62. The van der Waals surface area contributed by atoms with Crippen molar-refractivity contribution < 1.29 is 5.11 Å². The first-order valence-electron chi connectivity index (χ1n) is 7.12. The van der Waals surface area contributed by atoms with Gasteiger partial charge in [0, 0.05) is 19.0 Å². The fourth-order valence-electron chi connectivity index (χ4n) is 2.49. The van der Waals surface area contributed by atoms with E-state index in [1.807, 2.05) is 0 Å². The molecule has 0 unspecified atom stereocenters. The van der Waals surface area contributed by atoms with E-state index in [9.17, 15) is 5.11 Å². The molecular formula is C14H22ClN3O. The smallest absolute Gasteiger partial charge is 0.134 e. The van der Waals surface area contributed by atoms with E-state index in [4.69, 9.17) is 11.6 Å². The van der Waals surface area contributed by atoms with E-state index in [0.29, 0.717) is 11.1 Å². The molecule has 1 fully saturated rings. The number of hydrogen-bond acceptors (Lipinski definition) is 4. The molecule has 1 aromatic rings. The molecule has 2 rings (SSSR count). The van der Waals surface area contributed by atoms with Gasteiger partial charge in [-0.25, -0.2) is 9.97 Å². The molecule has 0 amide bonds. The summed E-state index contributed by atoms with van der Waals surface area (Å²) in [7, 11) is 0. The van der Waals surface area contributed by atoms with Gasteiger partial charge in [-0.2, -0.15) is 0 Å². The van der Waals surface area contributed by atoms with E-state index in [0.717, 1.165) is 56.7 Å². The van der Waals surface area contributed by atoms with Gasteiger partial charge in [0.1, 0.15) is 16.8 Å². The Labute approximate surface area is 119 Å². The zero-order valence-corrected chi connectivity index (χ0v) is 12.2. The van der Waals surface area contributed by atoms with Gasteiger partial charge in [0.25, 0.3) is 0 Å². The third-order valence-corrected chi connectivity index (χ3v) is 3.80. The molecule has 0 radical (unpaired) electrons. The highest BCUT2D eigenvalue weighted by Crippen LogP contribution is 2.24. The standard InChI is InChI=1S/C14H22ClN3O/c1-2-3-13-17-12(15)8-14(18-13)16-9-10-4-6-11(19)7-5-10/h8,10-11,19H,2-7,9H2,1H3,(H,16,17,18). The number of aromatic nitrogens is 2. The van der Waals surface area contributed by atoms with Crippen molar-refractivity contribution in [3.05, 3.63) is 17.0 Å².